The van der Waals surface area contributed by atoms with E-state index >= 15 is 0 Å². The number of rotatable bonds is 3. The summed E-state index contributed by atoms with van der Waals surface area (Å²) in [5, 5.41) is 9.13. The molecule has 0 saturated heterocycles. The Morgan fingerprint density at radius 1 is 1.11 bits per heavy atom. The summed E-state index contributed by atoms with van der Waals surface area (Å²) in [6.45, 7) is 4.19. The highest BCUT2D eigenvalue weighted by molar-refractivity contribution is 5.96. The van der Waals surface area contributed by atoms with Crippen LogP contribution in [0.4, 0.5) is 4.39 Å². The number of carboxylic acids is 1. The quantitative estimate of drug-likeness (QED) is 0.890. The lowest BCUT2D eigenvalue weighted by atomic mass is 9.96. The highest BCUT2D eigenvalue weighted by atomic mass is 19.1. The van der Waals surface area contributed by atoms with E-state index in [1.54, 1.807) is 0 Å². The van der Waals surface area contributed by atoms with Crippen LogP contribution in [0.3, 0.4) is 0 Å². The molecule has 0 spiro atoms. The zero-order valence-corrected chi connectivity index (χ0v) is 10.9. The second kappa shape index (κ2) is 5.22. The first-order valence-corrected chi connectivity index (χ1v) is 6.12. The Kier molecular flexibility index (Phi) is 3.65. The number of carbonyl (C=O) groups is 1. The van der Waals surface area contributed by atoms with Gasteiger partial charge in [0.25, 0.3) is 0 Å². The summed E-state index contributed by atoms with van der Waals surface area (Å²) in [6, 6.07) is 11.5. The van der Waals surface area contributed by atoms with Gasteiger partial charge in [-0.2, -0.15) is 0 Å². The molecule has 0 radical (unpaired) electrons. The molecule has 98 valence electrons. The van der Waals surface area contributed by atoms with Crippen LogP contribution in [0.15, 0.2) is 42.5 Å². The SMILES string of the molecule is CC(C)c1ccc(-c2ccc(F)cc2C(=O)O)cc1. The number of carboxylic acid groups (broad SMARTS) is 1. The van der Waals surface area contributed by atoms with E-state index in [1.165, 1.54) is 17.7 Å². The monoisotopic (exact) mass is 258 g/mol. The van der Waals surface area contributed by atoms with Gasteiger partial charge in [0, 0.05) is 0 Å². The molecule has 3 heteroatoms. The summed E-state index contributed by atoms with van der Waals surface area (Å²) in [5.41, 5.74) is 2.48. The molecule has 0 atom stereocenters. The van der Waals surface area contributed by atoms with Crippen molar-refractivity contribution in [3.8, 4) is 11.1 Å². The topological polar surface area (TPSA) is 37.3 Å². The molecule has 2 aromatic rings. The Labute approximate surface area is 111 Å². The standard InChI is InChI=1S/C16H15FO2/c1-10(2)11-3-5-12(6-4-11)14-8-7-13(17)9-15(14)16(18)19/h3-10H,1-2H3,(H,18,19). The molecule has 0 amide bonds. The van der Waals surface area contributed by atoms with Crippen LogP contribution in [0.25, 0.3) is 11.1 Å². The number of halogens is 1. The van der Waals surface area contributed by atoms with Crippen molar-refractivity contribution in [2.45, 2.75) is 19.8 Å². The molecular weight excluding hydrogens is 243 g/mol. The maximum absolute atomic E-state index is 13.1. The van der Waals surface area contributed by atoms with Gasteiger partial charge in [-0.25, -0.2) is 9.18 Å². The van der Waals surface area contributed by atoms with E-state index in [-0.39, 0.29) is 5.56 Å². The molecule has 0 fully saturated rings. The molecule has 2 aromatic carbocycles. The van der Waals surface area contributed by atoms with Gasteiger partial charge in [0.15, 0.2) is 0 Å². The highest BCUT2D eigenvalue weighted by Gasteiger charge is 2.13. The number of aromatic carboxylic acids is 1. The van der Waals surface area contributed by atoms with Gasteiger partial charge < -0.3 is 5.11 Å². The Hall–Kier alpha value is -2.16. The molecule has 0 saturated carbocycles. The molecular formula is C16H15FO2. The van der Waals surface area contributed by atoms with E-state index in [0.29, 0.717) is 11.5 Å². The molecule has 0 heterocycles. The first-order chi connectivity index (χ1) is 8.99. The fourth-order valence-electron chi connectivity index (χ4n) is 1.99. The average molecular weight is 258 g/mol. The van der Waals surface area contributed by atoms with E-state index in [0.717, 1.165) is 11.6 Å². The lowest BCUT2D eigenvalue weighted by Gasteiger charge is -2.09. The van der Waals surface area contributed by atoms with Crippen LogP contribution in [0.2, 0.25) is 0 Å². The van der Waals surface area contributed by atoms with Gasteiger partial charge >= 0.3 is 5.97 Å². The molecule has 1 N–H and O–H groups in total. The maximum Gasteiger partial charge on any atom is 0.336 e. The van der Waals surface area contributed by atoms with Crippen LogP contribution in [-0.4, -0.2) is 11.1 Å². The van der Waals surface area contributed by atoms with Gasteiger partial charge in [-0.1, -0.05) is 44.2 Å². The van der Waals surface area contributed by atoms with Crippen molar-refractivity contribution in [1.29, 1.82) is 0 Å². The summed E-state index contributed by atoms with van der Waals surface area (Å²) in [7, 11) is 0. The second-order valence-electron chi connectivity index (χ2n) is 4.77. The van der Waals surface area contributed by atoms with Crippen LogP contribution in [0.1, 0.15) is 35.7 Å². The smallest absolute Gasteiger partial charge is 0.336 e. The van der Waals surface area contributed by atoms with Crippen molar-refractivity contribution >= 4 is 5.97 Å². The molecule has 0 aromatic heterocycles. The van der Waals surface area contributed by atoms with Gasteiger partial charge in [-0.3, -0.25) is 0 Å². The van der Waals surface area contributed by atoms with Crippen molar-refractivity contribution in [2.24, 2.45) is 0 Å². The van der Waals surface area contributed by atoms with Crippen molar-refractivity contribution in [2.75, 3.05) is 0 Å². The maximum atomic E-state index is 13.1. The summed E-state index contributed by atoms with van der Waals surface area (Å²) in [4.78, 5) is 11.2. The average Bonchev–Trinajstić information content (AvgIpc) is 2.38. The summed E-state index contributed by atoms with van der Waals surface area (Å²) in [6.07, 6.45) is 0. The minimum absolute atomic E-state index is 0.0164. The van der Waals surface area contributed by atoms with Crippen LogP contribution in [-0.2, 0) is 0 Å². The molecule has 0 bridgehead atoms. The number of hydrogen-bond acceptors (Lipinski definition) is 1. The van der Waals surface area contributed by atoms with Crippen LogP contribution >= 0.6 is 0 Å². The van der Waals surface area contributed by atoms with Gasteiger partial charge in [-0.05, 0) is 34.7 Å². The first kappa shape index (κ1) is 13.3. The lowest BCUT2D eigenvalue weighted by molar-refractivity contribution is 0.0697. The van der Waals surface area contributed by atoms with Gasteiger partial charge in [-0.15, -0.1) is 0 Å². The first-order valence-electron chi connectivity index (χ1n) is 6.12. The zero-order chi connectivity index (χ0) is 14.0. The zero-order valence-electron chi connectivity index (χ0n) is 10.9. The Morgan fingerprint density at radius 2 is 1.74 bits per heavy atom. The molecule has 0 aliphatic carbocycles. The predicted octanol–water partition coefficient (Wildman–Crippen LogP) is 4.31. The minimum Gasteiger partial charge on any atom is -0.478 e. The molecule has 2 rings (SSSR count). The minimum atomic E-state index is -1.12. The van der Waals surface area contributed by atoms with Crippen LogP contribution in [0.5, 0.6) is 0 Å². The fourth-order valence-corrected chi connectivity index (χ4v) is 1.99. The summed E-state index contributed by atoms with van der Waals surface area (Å²) < 4.78 is 13.1. The highest BCUT2D eigenvalue weighted by Crippen LogP contribution is 2.26. The van der Waals surface area contributed by atoms with Crippen molar-refractivity contribution in [3.63, 3.8) is 0 Å². The van der Waals surface area contributed by atoms with Crippen molar-refractivity contribution in [3.05, 3.63) is 59.4 Å². The normalized spacial score (nSPS) is 10.7. The van der Waals surface area contributed by atoms with Crippen LogP contribution < -0.4 is 0 Å². The lowest BCUT2D eigenvalue weighted by Crippen LogP contribution is -2.00. The van der Waals surface area contributed by atoms with E-state index in [4.69, 9.17) is 5.11 Å². The van der Waals surface area contributed by atoms with Crippen LogP contribution in [0, 0.1) is 5.82 Å². The number of benzene rings is 2. The summed E-state index contributed by atoms with van der Waals surface area (Å²) >= 11 is 0. The number of hydrogen-bond donors (Lipinski definition) is 1. The molecule has 2 nitrogen and oxygen atoms in total. The third kappa shape index (κ3) is 2.81. The van der Waals surface area contributed by atoms with Crippen molar-refractivity contribution in [1.82, 2.24) is 0 Å². The van der Waals surface area contributed by atoms with E-state index < -0.39 is 11.8 Å². The Morgan fingerprint density at radius 3 is 2.26 bits per heavy atom. The summed E-state index contributed by atoms with van der Waals surface area (Å²) in [5.74, 6) is -1.25. The third-order valence-corrected chi connectivity index (χ3v) is 3.10. The molecule has 0 unspecified atom stereocenters. The van der Waals surface area contributed by atoms with Gasteiger partial charge in [0.05, 0.1) is 5.56 Å². The largest absolute Gasteiger partial charge is 0.478 e. The Bertz CT molecular complexity index is 601. The van der Waals surface area contributed by atoms with E-state index in [2.05, 4.69) is 13.8 Å². The fraction of sp³-hybridized carbons (Fsp3) is 0.188. The molecule has 19 heavy (non-hydrogen) atoms. The van der Waals surface area contributed by atoms with E-state index in [9.17, 15) is 9.18 Å². The van der Waals surface area contributed by atoms with Gasteiger partial charge in [0.1, 0.15) is 5.82 Å². The molecule has 0 aliphatic rings. The Balaban J connectivity index is 2.49. The van der Waals surface area contributed by atoms with E-state index in [1.807, 2.05) is 24.3 Å². The third-order valence-electron chi connectivity index (χ3n) is 3.10. The van der Waals surface area contributed by atoms with Crippen molar-refractivity contribution < 1.29 is 14.3 Å². The predicted molar refractivity (Wildman–Crippen MR) is 72.9 cm³/mol. The van der Waals surface area contributed by atoms with Gasteiger partial charge in [0.2, 0.25) is 0 Å². The molecule has 0 aliphatic heterocycles. The second-order valence-corrected chi connectivity index (χ2v) is 4.77.